The fourth-order valence-corrected chi connectivity index (χ4v) is 3.99. The second-order valence-electron chi connectivity index (χ2n) is 7.13. The van der Waals surface area contributed by atoms with Crippen LogP contribution < -0.4 is 8.61 Å². The largest absolute Gasteiger partial charge is 0.540 e. The van der Waals surface area contributed by atoms with Crippen molar-refractivity contribution in [2.75, 3.05) is 5.75 Å². The van der Waals surface area contributed by atoms with E-state index in [0.717, 1.165) is 6.42 Å². The molecule has 0 atom stereocenters. The number of unbranched alkanes of at least 4 members (excludes halogenated alkanes) is 1. The Morgan fingerprint density at radius 1 is 1.22 bits per heavy atom. The summed E-state index contributed by atoms with van der Waals surface area (Å²) < 4.78 is 35.6. The first-order valence-electron chi connectivity index (χ1n) is 7.79. The van der Waals surface area contributed by atoms with Crippen molar-refractivity contribution >= 4 is 30.0 Å². The van der Waals surface area contributed by atoms with Gasteiger partial charge in [0.15, 0.2) is 11.5 Å². The predicted molar refractivity (Wildman–Crippen MR) is 98.6 cm³/mol. The molecular weight excluding hydrogens is 352 g/mol. The summed E-state index contributed by atoms with van der Waals surface area (Å²) in [5.41, 5.74) is 0. The van der Waals surface area contributed by atoms with Gasteiger partial charge in [-0.3, -0.25) is 0 Å². The van der Waals surface area contributed by atoms with Gasteiger partial charge in [-0.25, -0.2) is 0 Å². The molecule has 0 unspecified atom stereocenters. The topological polar surface area (TPSA) is 52.6 Å². The molecule has 1 rings (SSSR count). The molecule has 0 fully saturated rings. The van der Waals surface area contributed by atoms with Gasteiger partial charge in [-0.2, -0.15) is 8.42 Å². The molecule has 0 N–H and O–H groups in total. The molecule has 0 aliphatic carbocycles. The van der Waals surface area contributed by atoms with Crippen LogP contribution in [0.2, 0.25) is 23.2 Å². The van der Waals surface area contributed by atoms with Crippen LogP contribution in [-0.2, 0) is 10.1 Å². The first kappa shape index (κ1) is 20.3. The Bertz CT molecular complexity index is 636. The summed E-state index contributed by atoms with van der Waals surface area (Å²) in [4.78, 5) is 0. The van der Waals surface area contributed by atoms with Gasteiger partial charge in [0.1, 0.15) is 0 Å². The maximum atomic E-state index is 12.1. The molecule has 23 heavy (non-hydrogen) atoms. The van der Waals surface area contributed by atoms with Crippen molar-refractivity contribution in [3.63, 3.8) is 0 Å². The summed E-state index contributed by atoms with van der Waals surface area (Å²) in [5.74, 6) is 0.467. The smallest absolute Gasteiger partial charge is 0.309 e. The molecule has 0 aliphatic heterocycles. The minimum absolute atomic E-state index is 0.0183. The normalized spacial score (nSPS) is 13.0. The van der Waals surface area contributed by atoms with E-state index in [1.807, 2.05) is 6.92 Å². The summed E-state index contributed by atoms with van der Waals surface area (Å²) in [5, 5.41) is 0.322. The van der Waals surface area contributed by atoms with Crippen molar-refractivity contribution in [2.45, 2.75) is 58.7 Å². The Hall–Kier alpha value is -0.723. The summed E-state index contributed by atoms with van der Waals surface area (Å²) in [6, 6.07) is 4.92. The van der Waals surface area contributed by atoms with E-state index in [0.29, 0.717) is 17.2 Å². The highest BCUT2D eigenvalue weighted by Crippen LogP contribution is 2.43. The first-order chi connectivity index (χ1) is 10.4. The fraction of sp³-hybridized carbons (Fsp3) is 0.625. The van der Waals surface area contributed by atoms with E-state index in [4.69, 9.17) is 20.2 Å². The van der Waals surface area contributed by atoms with E-state index in [-0.39, 0.29) is 16.5 Å². The molecule has 0 radical (unpaired) electrons. The molecule has 0 saturated heterocycles. The molecule has 4 nitrogen and oxygen atoms in total. The van der Waals surface area contributed by atoms with Crippen LogP contribution in [0.3, 0.4) is 0 Å². The first-order valence-corrected chi connectivity index (χ1v) is 12.7. The highest BCUT2D eigenvalue weighted by Gasteiger charge is 2.40. The van der Waals surface area contributed by atoms with Gasteiger partial charge in [0.2, 0.25) is 0 Å². The van der Waals surface area contributed by atoms with Crippen LogP contribution in [-0.4, -0.2) is 22.5 Å². The fourth-order valence-electron chi connectivity index (χ4n) is 1.56. The molecule has 0 saturated carbocycles. The zero-order valence-corrected chi connectivity index (χ0v) is 17.3. The van der Waals surface area contributed by atoms with E-state index in [2.05, 4.69) is 33.9 Å². The highest BCUT2D eigenvalue weighted by atomic mass is 35.5. The minimum Gasteiger partial charge on any atom is -0.540 e. The molecule has 7 heteroatoms. The average Bonchev–Trinajstić information content (AvgIpc) is 2.39. The lowest BCUT2D eigenvalue weighted by molar-refractivity contribution is 0.445. The standard InChI is InChI=1S/C16H27ClO4SSi/c1-7-8-12-22(18,19)20-14-11-9-10-13(17)15(14)21-23(5,6)16(2,3)4/h9-11H,7-8,12H2,1-6H3. The van der Waals surface area contributed by atoms with Crippen LogP contribution in [0.5, 0.6) is 11.5 Å². The van der Waals surface area contributed by atoms with Crippen LogP contribution in [0, 0.1) is 0 Å². The Morgan fingerprint density at radius 3 is 2.35 bits per heavy atom. The molecule has 1 aromatic rings. The third-order valence-electron chi connectivity index (χ3n) is 4.06. The van der Waals surface area contributed by atoms with Crippen LogP contribution >= 0.6 is 11.6 Å². The molecule has 1 aromatic carbocycles. The monoisotopic (exact) mass is 378 g/mol. The van der Waals surface area contributed by atoms with Crippen LogP contribution in [0.1, 0.15) is 40.5 Å². The maximum absolute atomic E-state index is 12.1. The number of para-hydroxylation sites is 1. The van der Waals surface area contributed by atoms with Crippen molar-refractivity contribution < 1.29 is 17.0 Å². The zero-order valence-electron chi connectivity index (χ0n) is 14.8. The second kappa shape index (κ2) is 7.45. The second-order valence-corrected chi connectivity index (χ2v) is 14.0. The van der Waals surface area contributed by atoms with Gasteiger partial charge in [-0.05, 0) is 36.7 Å². The Kier molecular flexibility index (Phi) is 6.58. The third-order valence-corrected chi connectivity index (χ3v) is 9.91. The lowest BCUT2D eigenvalue weighted by Crippen LogP contribution is -2.44. The van der Waals surface area contributed by atoms with E-state index >= 15 is 0 Å². The van der Waals surface area contributed by atoms with Gasteiger partial charge < -0.3 is 8.61 Å². The van der Waals surface area contributed by atoms with Gasteiger partial charge >= 0.3 is 10.1 Å². The molecule has 0 spiro atoms. The Morgan fingerprint density at radius 2 is 1.83 bits per heavy atom. The molecule has 0 heterocycles. The quantitative estimate of drug-likeness (QED) is 0.481. The van der Waals surface area contributed by atoms with Crippen LogP contribution in [0.4, 0.5) is 0 Å². The van der Waals surface area contributed by atoms with E-state index in [1.165, 1.54) is 0 Å². The minimum atomic E-state index is -3.65. The number of hydrogen-bond donors (Lipinski definition) is 0. The molecule has 132 valence electrons. The van der Waals surface area contributed by atoms with Gasteiger partial charge in [0, 0.05) is 0 Å². The lowest BCUT2D eigenvalue weighted by Gasteiger charge is -2.37. The van der Waals surface area contributed by atoms with E-state index in [1.54, 1.807) is 18.2 Å². The number of rotatable bonds is 7. The van der Waals surface area contributed by atoms with E-state index < -0.39 is 18.4 Å². The van der Waals surface area contributed by atoms with Crippen LogP contribution in [0.15, 0.2) is 18.2 Å². The van der Waals surface area contributed by atoms with Crippen molar-refractivity contribution in [1.29, 1.82) is 0 Å². The Balaban J connectivity index is 3.15. The molecule has 0 bridgehead atoms. The highest BCUT2D eigenvalue weighted by molar-refractivity contribution is 7.87. The predicted octanol–water partition coefficient (Wildman–Crippen LogP) is 5.23. The molecule has 0 amide bonds. The van der Waals surface area contributed by atoms with Crippen molar-refractivity contribution in [3.8, 4) is 11.5 Å². The Labute approximate surface area is 146 Å². The summed E-state index contributed by atoms with van der Waals surface area (Å²) in [6.45, 7) is 12.4. The third kappa shape index (κ3) is 5.69. The number of benzene rings is 1. The number of hydrogen-bond acceptors (Lipinski definition) is 4. The molecular formula is C16H27ClO4SSi. The average molecular weight is 379 g/mol. The van der Waals surface area contributed by atoms with Gasteiger partial charge in [0.05, 0.1) is 10.8 Å². The van der Waals surface area contributed by atoms with Crippen molar-refractivity contribution in [3.05, 3.63) is 23.2 Å². The summed E-state index contributed by atoms with van der Waals surface area (Å²) in [7, 11) is -5.82. The van der Waals surface area contributed by atoms with E-state index in [9.17, 15) is 8.42 Å². The van der Waals surface area contributed by atoms with Crippen molar-refractivity contribution in [2.24, 2.45) is 0 Å². The van der Waals surface area contributed by atoms with Crippen molar-refractivity contribution in [1.82, 2.24) is 0 Å². The zero-order chi connectivity index (χ0) is 17.9. The van der Waals surface area contributed by atoms with Crippen LogP contribution in [0.25, 0.3) is 0 Å². The molecule has 0 aliphatic rings. The van der Waals surface area contributed by atoms with Gasteiger partial charge in [0.25, 0.3) is 8.32 Å². The van der Waals surface area contributed by atoms with Gasteiger partial charge in [-0.1, -0.05) is 51.8 Å². The maximum Gasteiger partial charge on any atom is 0.309 e. The van der Waals surface area contributed by atoms with Gasteiger partial charge in [-0.15, -0.1) is 0 Å². The number of halogens is 1. The molecule has 0 aromatic heterocycles. The summed E-state index contributed by atoms with van der Waals surface area (Å²) >= 11 is 6.24. The SMILES string of the molecule is CCCCS(=O)(=O)Oc1cccc(Cl)c1O[Si](C)(C)C(C)(C)C. The summed E-state index contributed by atoms with van der Waals surface area (Å²) in [6.07, 6.45) is 1.34. The lowest BCUT2D eigenvalue weighted by atomic mass is 10.2.